The minimum Gasteiger partial charge on any atom is -0.477 e. The Morgan fingerprint density at radius 1 is 1.25 bits per heavy atom. The van der Waals surface area contributed by atoms with Gasteiger partial charge in [-0.1, -0.05) is 0 Å². The van der Waals surface area contributed by atoms with Crippen molar-refractivity contribution in [2.24, 2.45) is 0 Å². The molecule has 0 spiro atoms. The molecule has 1 aromatic rings. The van der Waals surface area contributed by atoms with Gasteiger partial charge in [0.15, 0.2) is 0 Å². The van der Waals surface area contributed by atoms with E-state index >= 15 is 0 Å². The molecule has 0 amide bonds. The molecule has 0 aliphatic carbocycles. The molecule has 1 saturated heterocycles. The summed E-state index contributed by atoms with van der Waals surface area (Å²) in [5, 5.41) is 8.74. The number of alkyl halides is 3. The average molecular weight is 289 g/mol. The van der Waals surface area contributed by atoms with Crippen LogP contribution in [0.4, 0.5) is 18.9 Å². The molecule has 1 N–H and O–H groups in total. The fourth-order valence-electron chi connectivity index (χ4n) is 2.12. The number of aromatic carboxylic acids is 1. The van der Waals surface area contributed by atoms with Crippen LogP contribution in [0.5, 0.6) is 0 Å². The lowest BCUT2D eigenvalue weighted by atomic mass is 10.2. The highest BCUT2D eigenvalue weighted by molar-refractivity contribution is 5.85. The minimum atomic E-state index is -4.17. The lowest BCUT2D eigenvalue weighted by molar-refractivity contribution is -0.146. The van der Waals surface area contributed by atoms with Gasteiger partial charge in [-0.25, -0.2) is 9.78 Å². The van der Waals surface area contributed by atoms with Crippen molar-refractivity contribution in [3.63, 3.8) is 0 Å². The number of nitrogens with zero attached hydrogens (tertiary/aromatic N) is 3. The molecule has 1 aromatic heterocycles. The lowest BCUT2D eigenvalue weighted by Gasteiger charge is -2.36. The van der Waals surface area contributed by atoms with Gasteiger partial charge in [0.05, 0.1) is 18.4 Å². The van der Waals surface area contributed by atoms with Crippen molar-refractivity contribution in [1.82, 2.24) is 9.88 Å². The topological polar surface area (TPSA) is 56.7 Å². The Kier molecular flexibility index (Phi) is 4.12. The zero-order valence-electron chi connectivity index (χ0n) is 10.6. The number of hydrogen-bond donors (Lipinski definition) is 1. The highest BCUT2D eigenvalue weighted by atomic mass is 19.4. The first kappa shape index (κ1) is 14.6. The van der Waals surface area contributed by atoms with Crippen molar-refractivity contribution in [3.8, 4) is 0 Å². The number of carboxylic acid groups (broad SMARTS) is 1. The predicted molar refractivity (Wildman–Crippen MR) is 65.9 cm³/mol. The van der Waals surface area contributed by atoms with Crippen LogP contribution >= 0.6 is 0 Å². The largest absolute Gasteiger partial charge is 0.477 e. The van der Waals surface area contributed by atoms with E-state index in [0.717, 1.165) is 5.69 Å². The first-order valence-electron chi connectivity index (χ1n) is 6.08. The van der Waals surface area contributed by atoms with Gasteiger partial charge < -0.3 is 10.0 Å². The second-order valence-corrected chi connectivity index (χ2v) is 4.59. The fourth-order valence-corrected chi connectivity index (χ4v) is 2.12. The highest BCUT2D eigenvalue weighted by Gasteiger charge is 2.32. The molecule has 0 saturated carbocycles. The number of carboxylic acids is 1. The van der Waals surface area contributed by atoms with Crippen molar-refractivity contribution in [2.45, 2.75) is 6.18 Å². The second kappa shape index (κ2) is 5.66. The number of piperazine rings is 1. The standard InChI is InChI=1S/C12H14F3N3O2/c13-12(14,15)8-17-3-5-18(6-4-17)9-1-2-10(11(19)20)16-7-9/h1-2,7H,3-6,8H2,(H,19,20). The van der Waals surface area contributed by atoms with Crippen molar-refractivity contribution in [3.05, 3.63) is 24.0 Å². The van der Waals surface area contributed by atoms with Gasteiger partial charge in [0.2, 0.25) is 0 Å². The molecule has 8 heteroatoms. The molecule has 0 atom stereocenters. The van der Waals surface area contributed by atoms with Gasteiger partial charge in [0.25, 0.3) is 0 Å². The van der Waals surface area contributed by atoms with Gasteiger partial charge >= 0.3 is 12.1 Å². The quantitative estimate of drug-likeness (QED) is 0.913. The first-order chi connectivity index (χ1) is 9.35. The monoisotopic (exact) mass is 289 g/mol. The Bertz CT molecular complexity index is 468. The zero-order chi connectivity index (χ0) is 14.8. The van der Waals surface area contributed by atoms with Gasteiger partial charge in [0.1, 0.15) is 5.69 Å². The van der Waals surface area contributed by atoms with Crippen molar-refractivity contribution in [2.75, 3.05) is 37.6 Å². The van der Waals surface area contributed by atoms with Crippen LogP contribution in [0, 0.1) is 0 Å². The first-order valence-corrected chi connectivity index (χ1v) is 6.08. The molecule has 5 nitrogen and oxygen atoms in total. The van der Waals surface area contributed by atoms with Gasteiger partial charge in [-0.15, -0.1) is 0 Å². The summed E-state index contributed by atoms with van der Waals surface area (Å²) in [5.41, 5.74) is 0.672. The number of aromatic nitrogens is 1. The van der Waals surface area contributed by atoms with Gasteiger partial charge in [-0.3, -0.25) is 4.90 Å². The summed E-state index contributed by atoms with van der Waals surface area (Å²) in [7, 11) is 0. The van der Waals surface area contributed by atoms with Crippen LogP contribution in [-0.2, 0) is 0 Å². The molecule has 110 valence electrons. The third-order valence-corrected chi connectivity index (χ3v) is 3.11. The molecule has 20 heavy (non-hydrogen) atoms. The van der Waals surface area contributed by atoms with E-state index in [0.29, 0.717) is 26.2 Å². The van der Waals surface area contributed by atoms with E-state index in [1.807, 2.05) is 4.90 Å². The van der Waals surface area contributed by atoms with E-state index < -0.39 is 18.7 Å². The van der Waals surface area contributed by atoms with E-state index in [1.165, 1.54) is 17.2 Å². The Labute approximate surface area is 113 Å². The summed E-state index contributed by atoms with van der Waals surface area (Å²) in [5.74, 6) is -1.11. The lowest BCUT2D eigenvalue weighted by Crippen LogP contribution is -2.49. The molecule has 0 unspecified atom stereocenters. The number of pyridine rings is 1. The van der Waals surface area contributed by atoms with Crippen LogP contribution in [0.15, 0.2) is 18.3 Å². The molecule has 2 heterocycles. The minimum absolute atomic E-state index is 0.0514. The van der Waals surface area contributed by atoms with Crippen LogP contribution in [0.3, 0.4) is 0 Å². The molecular formula is C12H14F3N3O2. The van der Waals surface area contributed by atoms with Crippen molar-refractivity contribution < 1.29 is 23.1 Å². The maximum absolute atomic E-state index is 12.3. The predicted octanol–water partition coefficient (Wildman–Crippen LogP) is 1.46. The molecule has 0 bridgehead atoms. The second-order valence-electron chi connectivity index (χ2n) is 4.59. The summed E-state index contributed by atoms with van der Waals surface area (Å²) < 4.78 is 36.8. The van der Waals surface area contributed by atoms with E-state index in [4.69, 9.17) is 5.11 Å². The summed E-state index contributed by atoms with van der Waals surface area (Å²) >= 11 is 0. The third kappa shape index (κ3) is 3.83. The maximum atomic E-state index is 12.3. The average Bonchev–Trinajstić information content (AvgIpc) is 2.38. The number of hydrogen-bond acceptors (Lipinski definition) is 4. The summed E-state index contributed by atoms with van der Waals surface area (Å²) in [4.78, 5) is 17.7. The summed E-state index contributed by atoms with van der Waals surface area (Å²) in [6, 6.07) is 3.01. The number of halogens is 3. The van der Waals surface area contributed by atoms with E-state index in [9.17, 15) is 18.0 Å². The smallest absolute Gasteiger partial charge is 0.401 e. The van der Waals surface area contributed by atoms with Gasteiger partial charge in [0, 0.05) is 26.2 Å². The van der Waals surface area contributed by atoms with Crippen LogP contribution in [0.25, 0.3) is 0 Å². The Hall–Kier alpha value is -1.83. The van der Waals surface area contributed by atoms with Gasteiger partial charge in [-0.2, -0.15) is 13.2 Å². The Balaban J connectivity index is 1.92. The normalized spacial score (nSPS) is 17.2. The SMILES string of the molecule is O=C(O)c1ccc(N2CCN(CC(F)(F)F)CC2)cn1. The van der Waals surface area contributed by atoms with Crippen molar-refractivity contribution in [1.29, 1.82) is 0 Å². The van der Waals surface area contributed by atoms with E-state index in [-0.39, 0.29) is 5.69 Å². The Morgan fingerprint density at radius 3 is 2.35 bits per heavy atom. The third-order valence-electron chi connectivity index (χ3n) is 3.11. The molecular weight excluding hydrogens is 275 g/mol. The molecule has 2 rings (SSSR count). The Morgan fingerprint density at radius 2 is 1.90 bits per heavy atom. The summed E-state index contributed by atoms with van der Waals surface area (Å²) in [6.07, 6.45) is -2.74. The maximum Gasteiger partial charge on any atom is 0.401 e. The molecule has 1 aliphatic rings. The number of anilines is 1. The molecule has 0 radical (unpaired) electrons. The highest BCUT2D eigenvalue weighted by Crippen LogP contribution is 2.20. The molecule has 0 aromatic carbocycles. The van der Waals surface area contributed by atoms with Crippen LogP contribution in [-0.4, -0.2) is 59.9 Å². The van der Waals surface area contributed by atoms with Crippen LogP contribution in [0.1, 0.15) is 10.5 Å². The fraction of sp³-hybridized carbons (Fsp3) is 0.500. The number of rotatable bonds is 3. The molecule has 1 aliphatic heterocycles. The molecule has 1 fully saturated rings. The zero-order valence-corrected chi connectivity index (χ0v) is 10.6. The summed E-state index contributed by atoms with van der Waals surface area (Å²) in [6.45, 7) is 0.672. The number of carbonyl (C=O) groups is 1. The van der Waals surface area contributed by atoms with Crippen LogP contribution in [0.2, 0.25) is 0 Å². The van der Waals surface area contributed by atoms with Crippen molar-refractivity contribution >= 4 is 11.7 Å². The van der Waals surface area contributed by atoms with E-state index in [2.05, 4.69) is 4.98 Å². The van der Waals surface area contributed by atoms with E-state index in [1.54, 1.807) is 6.07 Å². The van der Waals surface area contributed by atoms with Gasteiger partial charge in [-0.05, 0) is 12.1 Å². The van der Waals surface area contributed by atoms with Crippen LogP contribution < -0.4 is 4.90 Å².